The first-order valence-corrected chi connectivity index (χ1v) is 10.8. The molecule has 1 saturated heterocycles. The number of aryl methyl sites for hydroxylation is 1. The number of aromatic nitrogens is 7. The van der Waals surface area contributed by atoms with Crippen LogP contribution in [-0.2, 0) is 12.6 Å². The summed E-state index contributed by atoms with van der Waals surface area (Å²) in [6.45, 7) is -0.447. The molecular weight excluding hydrogens is 447 g/mol. The van der Waals surface area contributed by atoms with Crippen molar-refractivity contribution in [1.82, 2.24) is 38.8 Å². The Balaban J connectivity index is 1.49. The Morgan fingerprint density at radius 3 is 2.56 bits per heavy atom. The molecule has 1 aliphatic rings. The average Bonchev–Trinajstić information content (AvgIpc) is 3.54. The third kappa shape index (κ3) is 4.14. The summed E-state index contributed by atoms with van der Waals surface area (Å²) in [5.74, 6) is 0.627. The number of halogens is 3. The van der Waals surface area contributed by atoms with Gasteiger partial charge in [-0.3, -0.25) is 18.7 Å². The van der Waals surface area contributed by atoms with E-state index in [0.717, 1.165) is 11.1 Å². The fourth-order valence-electron chi connectivity index (χ4n) is 4.54. The van der Waals surface area contributed by atoms with Crippen molar-refractivity contribution in [3.63, 3.8) is 0 Å². The number of rotatable bonds is 5. The van der Waals surface area contributed by atoms with Crippen LogP contribution in [0.15, 0.2) is 43.2 Å². The van der Waals surface area contributed by atoms with Crippen LogP contribution in [0.1, 0.15) is 19.3 Å². The van der Waals surface area contributed by atoms with Crippen molar-refractivity contribution in [2.45, 2.75) is 31.0 Å². The van der Waals surface area contributed by atoms with Crippen LogP contribution in [0, 0.1) is 11.3 Å². The molecule has 0 bridgehead atoms. The van der Waals surface area contributed by atoms with Gasteiger partial charge in [-0.25, -0.2) is 9.97 Å². The van der Waals surface area contributed by atoms with Crippen LogP contribution in [0.2, 0.25) is 0 Å². The minimum absolute atomic E-state index is 0.164. The summed E-state index contributed by atoms with van der Waals surface area (Å²) in [6.07, 6.45) is 7.32. The van der Waals surface area contributed by atoms with Crippen LogP contribution >= 0.6 is 0 Å². The van der Waals surface area contributed by atoms with Crippen molar-refractivity contribution >= 4 is 5.65 Å². The van der Waals surface area contributed by atoms with Gasteiger partial charge in [0.1, 0.15) is 11.5 Å². The van der Waals surface area contributed by atoms with Crippen molar-refractivity contribution < 1.29 is 13.2 Å². The Labute approximate surface area is 193 Å². The summed E-state index contributed by atoms with van der Waals surface area (Å²) in [5.41, 5.74) is 2.33. The van der Waals surface area contributed by atoms with E-state index >= 15 is 0 Å². The second-order valence-corrected chi connectivity index (χ2v) is 8.65. The molecule has 0 radical (unpaired) electrons. The van der Waals surface area contributed by atoms with Crippen LogP contribution in [0.25, 0.3) is 28.3 Å². The zero-order chi connectivity index (χ0) is 23.9. The Hall–Kier alpha value is -3.72. The van der Waals surface area contributed by atoms with Gasteiger partial charge < -0.3 is 0 Å². The number of hydrogen-bond donors (Lipinski definition) is 0. The van der Waals surface area contributed by atoms with Crippen LogP contribution < -0.4 is 0 Å². The Morgan fingerprint density at radius 2 is 1.88 bits per heavy atom. The van der Waals surface area contributed by atoms with E-state index in [1.807, 2.05) is 36.1 Å². The van der Waals surface area contributed by atoms with E-state index in [0.29, 0.717) is 30.0 Å². The first-order valence-electron chi connectivity index (χ1n) is 10.8. The summed E-state index contributed by atoms with van der Waals surface area (Å²) in [4.78, 5) is 10.6. The van der Waals surface area contributed by atoms with E-state index in [1.54, 1.807) is 28.0 Å². The molecule has 0 unspecified atom stereocenters. The predicted molar refractivity (Wildman–Crippen MR) is 116 cm³/mol. The monoisotopic (exact) mass is 469 g/mol. The van der Waals surface area contributed by atoms with E-state index in [-0.39, 0.29) is 19.5 Å². The van der Waals surface area contributed by atoms with Crippen molar-refractivity contribution in [3.8, 4) is 28.7 Å². The van der Waals surface area contributed by atoms with Gasteiger partial charge in [-0.2, -0.15) is 28.6 Å². The molecule has 5 heterocycles. The molecule has 0 N–H and O–H groups in total. The Bertz CT molecular complexity index is 1350. The number of hydrogen-bond acceptors (Lipinski definition) is 6. The van der Waals surface area contributed by atoms with Gasteiger partial charge in [0.25, 0.3) is 0 Å². The lowest BCUT2D eigenvalue weighted by atomic mass is 9.85. The lowest BCUT2D eigenvalue weighted by Gasteiger charge is -2.40. The van der Waals surface area contributed by atoms with Crippen LogP contribution in [-0.4, -0.2) is 64.6 Å². The van der Waals surface area contributed by atoms with Crippen LogP contribution in [0.3, 0.4) is 0 Å². The molecule has 1 aliphatic heterocycles. The standard InChI is InChI=1S/C22H22F3N9/c1-31-13-16(11-28-31)18-10-19-27-6-9-33(19)20(30-18)17-12-29-34(14-17)21(2-5-26)3-7-32(8-4-21)15-22(23,24)25/h6,9-14H,2-4,7-8,15H2,1H3. The molecule has 12 heteroatoms. The maximum absolute atomic E-state index is 12.8. The van der Waals surface area contributed by atoms with E-state index in [2.05, 4.69) is 21.3 Å². The summed E-state index contributed by atoms with van der Waals surface area (Å²) in [5, 5.41) is 18.2. The highest BCUT2D eigenvalue weighted by Crippen LogP contribution is 2.35. The lowest BCUT2D eigenvalue weighted by molar-refractivity contribution is -0.150. The highest BCUT2D eigenvalue weighted by molar-refractivity contribution is 5.68. The average molecular weight is 469 g/mol. The third-order valence-corrected chi connectivity index (χ3v) is 6.31. The summed E-state index contributed by atoms with van der Waals surface area (Å²) in [6, 6.07) is 4.08. The fraction of sp³-hybridized carbons (Fsp3) is 0.409. The highest BCUT2D eigenvalue weighted by atomic mass is 19.4. The molecule has 0 aromatic carbocycles. The minimum Gasteiger partial charge on any atom is -0.295 e. The van der Waals surface area contributed by atoms with Gasteiger partial charge in [0, 0.05) is 56.6 Å². The van der Waals surface area contributed by atoms with Gasteiger partial charge in [-0.1, -0.05) is 0 Å². The largest absolute Gasteiger partial charge is 0.401 e. The predicted octanol–water partition coefficient (Wildman–Crippen LogP) is 3.26. The maximum atomic E-state index is 12.8. The third-order valence-electron chi connectivity index (χ3n) is 6.31. The van der Waals surface area contributed by atoms with Gasteiger partial charge in [0.2, 0.25) is 0 Å². The van der Waals surface area contributed by atoms with Gasteiger partial charge >= 0.3 is 6.18 Å². The highest BCUT2D eigenvalue weighted by Gasteiger charge is 2.40. The van der Waals surface area contributed by atoms with Crippen molar-refractivity contribution in [2.24, 2.45) is 7.05 Å². The minimum atomic E-state index is -4.24. The first-order chi connectivity index (χ1) is 16.3. The molecule has 0 atom stereocenters. The molecular formula is C22H22F3N9. The molecule has 5 rings (SSSR count). The van der Waals surface area contributed by atoms with Crippen LogP contribution in [0.5, 0.6) is 0 Å². The summed E-state index contributed by atoms with van der Waals surface area (Å²) < 4.78 is 43.7. The molecule has 176 valence electrons. The number of piperidine rings is 1. The molecule has 9 nitrogen and oxygen atoms in total. The molecule has 0 aliphatic carbocycles. The molecule has 0 amide bonds. The number of nitrogens with zero attached hydrogens (tertiary/aromatic N) is 9. The maximum Gasteiger partial charge on any atom is 0.401 e. The molecule has 4 aromatic heterocycles. The zero-order valence-corrected chi connectivity index (χ0v) is 18.4. The normalized spacial score (nSPS) is 16.7. The quantitative estimate of drug-likeness (QED) is 0.446. The molecule has 4 aromatic rings. The zero-order valence-electron chi connectivity index (χ0n) is 18.4. The van der Waals surface area contributed by atoms with Crippen LogP contribution in [0.4, 0.5) is 13.2 Å². The van der Waals surface area contributed by atoms with E-state index in [1.165, 1.54) is 4.90 Å². The number of nitriles is 1. The fourth-order valence-corrected chi connectivity index (χ4v) is 4.54. The van der Waals surface area contributed by atoms with Gasteiger partial charge in [-0.05, 0) is 12.8 Å². The van der Waals surface area contributed by atoms with Crippen molar-refractivity contribution in [2.75, 3.05) is 19.6 Å². The molecule has 1 fully saturated rings. The first kappa shape index (κ1) is 22.1. The molecule has 34 heavy (non-hydrogen) atoms. The second kappa shape index (κ2) is 8.25. The summed E-state index contributed by atoms with van der Waals surface area (Å²) in [7, 11) is 1.83. The number of imidazole rings is 1. The second-order valence-electron chi connectivity index (χ2n) is 8.65. The van der Waals surface area contributed by atoms with E-state index in [4.69, 9.17) is 4.98 Å². The van der Waals surface area contributed by atoms with Crippen molar-refractivity contribution in [1.29, 1.82) is 5.26 Å². The number of likely N-dealkylation sites (tertiary alicyclic amines) is 1. The SMILES string of the molecule is Cn1cc(-c2cc3nccn3c(-c3cnn(C4(CC#N)CCN(CC(F)(F)F)CC4)c3)n2)cn1. The smallest absolute Gasteiger partial charge is 0.295 e. The Morgan fingerprint density at radius 1 is 1.12 bits per heavy atom. The number of alkyl halides is 3. The van der Waals surface area contributed by atoms with E-state index in [9.17, 15) is 18.4 Å². The topological polar surface area (TPSA) is 92.9 Å². The molecule has 0 saturated carbocycles. The van der Waals surface area contributed by atoms with Gasteiger partial charge in [0.05, 0.1) is 48.2 Å². The van der Waals surface area contributed by atoms with E-state index < -0.39 is 18.3 Å². The summed E-state index contributed by atoms with van der Waals surface area (Å²) >= 11 is 0. The van der Waals surface area contributed by atoms with Gasteiger partial charge in [0.15, 0.2) is 0 Å². The Kier molecular flexibility index (Phi) is 5.36. The molecule has 0 spiro atoms. The van der Waals surface area contributed by atoms with Gasteiger partial charge in [-0.15, -0.1) is 0 Å². The van der Waals surface area contributed by atoms with Crippen molar-refractivity contribution in [3.05, 3.63) is 43.2 Å². The number of fused-ring (bicyclic) bond motifs is 1. The lowest BCUT2D eigenvalue weighted by Crippen LogP contribution is -2.48.